The van der Waals surface area contributed by atoms with Gasteiger partial charge in [0.15, 0.2) is 0 Å². The predicted molar refractivity (Wildman–Crippen MR) is 112 cm³/mol. The maximum Gasteiger partial charge on any atom is 0.416 e. The molecule has 1 N–H and O–H groups in total. The van der Waals surface area contributed by atoms with Crippen molar-refractivity contribution < 1.29 is 18.0 Å². The minimum absolute atomic E-state index is 0.0251. The summed E-state index contributed by atoms with van der Waals surface area (Å²) in [5, 5.41) is 12.6. The lowest BCUT2D eigenvalue weighted by molar-refractivity contribution is -0.138. The first kappa shape index (κ1) is 24.0. The summed E-state index contributed by atoms with van der Waals surface area (Å²) in [6.45, 7) is 2.73. The minimum Gasteiger partial charge on any atom is -0.362 e. The second-order valence-electron chi connectivity index (χ2n) is 6.57. The van der Waals surface area contributed by atoms with Crippen molar-refractivity contribution in [3.05, 3.63) is 63.1 Å². The minimum atomic E-state index is -4.56. The summed E-state index contributed by atoms with van der Waals surface area (Å²) in [5.74, 6) is 0. The van der Waals surface area contributed by atoms with E-state index in [4.69, 9.17) is 28.5 Å². The number of carbonyl (C=O) groups is 1. The Labute approximate surface area is 183 Å². The van der Waals surface area contributed by atoms with Gasteiger partial charge in [-0.3, -0.25) is 0 Å². The third kappa shape index (κ3) is 6.11. The van der Waals surface area contributed by atoms with Gasteiger partial charge < -0.3 is 15.0 Å². The monoisotopic (exact) mass is 457 g/mol. The van der Waals surface area contributed by atoms with Crippen molar-refractivity contribution in [2.24, 2.45) is 0 Å². The Hall–Kier alpha value is -2.27. The summed E-state index contributed by atoms with van der Waals surface area (Å²) in [6, 6.07) is 9.54. The van der Waals surface area contributed by atoms with Gasteiger partial charge in [-0.2, -0.15) is 18.4 Å². The molecule has 0 fully saturated rings. The van der Waals surface area contributed by atoms with Crippen LogP contribution in [0.2, 0.25) is 10.0 Å². The fraction of sp³-hybridized carbons (Fsp3) is 0.333. The highest BCUT2D eigenvalue weighted by molar-refractivity contribution is 6.32. The predicted octanol–water partition coefficient (Wildman–Crippen LogP) is 5.46. The third-order valence-electron chi connectivity index (χ3n) is 4.56. The molecule has 0 bridgehead atoms. The van der Waals surface area contributed by atoms with Crippen LogP contribution in [0.15, 0.2) is 36.4 Å². The number of alkyl halides is 3. The Kier molecular flexibility index (Phi) is 8.54. The molecule has 0 aliphatic carbocycles. The van der Waals surface area contributed by atoms with Gasteiger partial charge in [0.1, 0.15) is 12.4 Å². The number of likely N-dealkylation sites (N-methyl/N-ethyl adjacent to an activating group) is 1. The molecule has 0 saturated heterocycles. The molecule has 0 unspecified atom stereocenters. The van der Waals surface area contributed by atoms with Crippen LogP contribution in [0, 0.1) is 11.3 Å². The van der Waals surface area contributed by atoms with Crippen LogP contribution in [-0.4, -0.2) is 25.4 Å². The molecule has 160 valence electrons. The van der Waals surface area contributed by atoms with E-state index < -0.39 is 17.8 Å². The van der Waals surface area contributed by atoms with Crippen molar-refractivity contribution in [2.45, 2.75) is 32.1 Å². The number of aldehydes is 1. The molecule has 0 aliphatic rings. The van der Waals surface area contributed by atoms with Gasteiger partial charge in [0.05, 0.1) is 16.1 Å². The summed E-state index contributed by atoms with van der Waals surface area (Å²) in [6.07, 6.45) is -3.74. The molecule has 0 spiro atoms. The van der Waals surface area contributed by atoms with Gasteiger partial charge in [0.2, 0.25) is 0 Å². The molecule has 2 aromatic rings. The second kappa shape index (κ2) is 10.7. The van der Waals surface area contributed by atoms with Crippen molar-refractivity contribution in [3.63, 3.8) is 0 Å². The van der Waals surface area contributed by atoms with E-state index in [9.17, 15) is 18.0 Å². The molecule has 4 nitrogen and oxygen atoms in total. The van der Waals surface area contributed by atoms with Crippen molar-refractivity contribution in [2.75, 3.05) is 18.0 Å². The number of anilines is 1. The number of rotatable bonds is 9. The molecule has 0 amide bonds. The molecule has 2 aromatic carbocycles. The van der Waals surface area contributed by atoms with Gasteiger partial charge in [0.25, 0.3) is 0 Å². The zero-order valence-corrected chi connectivity index (χ0v) is 17.7. The highest BCUT2D eigenvalue weighted by Gasteiger charge is 2.34. The lowest BCUT2D eigenvalue weighted by Crippen LogP contribution is -2.43. The average Bonchev–Trinajstić information content (AvgIpc) is 2.68. The van der Waals surface area contributed by atoms with E-state index in [0.29, 0.717) is 18.8 Å². The molecule has 0 radical (unpaired) electrons. The Balaban J connectivity index is 2.56. The Morgan fingerprint density at radius 2 is 1.97 bits per heavy atom. The van der Waals surface area contributed by atoms with Crippen LogP contribution in [0.3, 0.4) is 0 Å². The topological polar surface area (TPSA) is 56.1 Å². The van der Waals surface area contributed by atoms with E-state index >= 15 is 0 Å². The molecular formula is C21H20Cl2F3N3O. The number of hydrogen-bond donors (Lipinski definition) is 1. The van der Waals surface area contributed by atoms with Gasteiger partial charge in [-0.1, -0.05) is 30.1 Å². The van der Waals surface area contributed by atoms with Crippen molar-refractivity contribution in [3.8, 4) is 6.07 Å². The van der Waals surface area contributed by atoms with Gasteiger partial charge in [-0.25, -0.2) is 0 Å². The maximum atomic E-state index is 13.6. The molecule has 2 rings (SSSR count). The van der Waals surface area contributed by atoms with Gasteiger partial charge in [-0.15, -0.1) is 0 Å². The molecule has 0 saturated carbocycles. The van der Waals surface area contributed by atoms with Crippen LogP contribution in [0.25, 0.3) is 0 Å². The Bertz CT molecular complexity index is 929. The van der Waals surface area contributed by atoms with E-state index in [-0.39, 0.29) is 34.1 Å². The Morgan fingerprint density at radius 3 is 2.53 bits per heavy atom. The van der Waals surface area contributed by atoms with Crippen LogP contribution in [0.5, 0.6) is 0 Å². The number of hydrogen-bond acceptors (Lipinski definition) is 4. The lowest BCUT2D eigenvalue weighted by Gasteiger charge is -2.34. The van der Waals surface area contributed by atoms with E-state index in [1.807, 2.05) is 13.0 Å². The number of nitriles is 1. The van der Waals surface area contributed by atoms with Crippen LogP contribution in [0.4, 0.5) is 18.9 Å². The molecular weight excluding hydrogens is 438 g/mol. The molecule has 0 heterocycles. The zero-order chi connectivity index (χ0) is 22.3. The van der Waals surface area contributed by atoms with Gasteiger partial charge in [0, 0.05) is 36.3 Å². The van der Waals surface area contributed by atoms with E-state index in [1.54, 1.807) is 11.0 Å². The third-order valence-corrected chi connectivity index (χ3v) is 5.10. The number of benzene rings is 2. The fourth-order valence-corrected chi connectivity index (χ4v) is 3.51. The van der Waals surface area contributed by atoms with E-state index in [2.05, 4.69) is 5.32 Å². The van der Waals surface area contributed by atoms with Crippen molar-refractivity contribution in [1.29, 1.82) is 5.26 Å². The highest BCUT2D eigenvalue weighted by Crippen LogP contribution is 2.35. The van der Waals surface area contributed by atoms with Crippen LogP contribution in [0.1, 0.15) is 30.0 Å². The number of nitrogens with one attached hydrogen (secondary N) is 1. The number of nitrogens with zero attached hydrogens (tertiary/aromatic N) is 2. The normalized spacial score (nSPS) is 12.3. The molecule has 0 aliphatic heterocycles. The summed E-state index contributed by atoms with van der Waals surface area (Å²) in [7, 11) is 0. The summed E-state index contributed by atoms with van der Waals surface area (Å²) >= 11 is 12.1. The second-order valence-corrected chi connectivity index (χ2v) is 7.41. The van der Waals surface area contributed by atoms with Crippen LogP contribution < -0.4 is 10.2 Å². The largest absolute Gasteiger partial charge is 0.416 e. The lowest BCUT2D eigenvalue weighted by atomic mass is 10.0. The first-order valence-electron chi connectivity index (χ1n) is 9.17. The number of halogens is 5. The summed E-state index contributed by atoms with van der Waals surface area (Å²) < 4.78 is 40.7. The van der Waals surface area contributed by atoms with Crippen molar-refractivity contribution >= 4 is 35.2 Å². The molecule has 9 heteroatoms. The first-order valence-corrected chi connectivity index (χ1v) is 9.93. The molecule has 30 heavy (non-hydrogen) atoms. The number of carbonyl (C=O) groups excluding carboxylic acids is 1. The fourth-order valence-electron chi connectivity index (χ4n) is 3.10. The van der Waals surface area contributed by atoms with Crippen LogP contribution >= 0.6 is 23.2 Å². The van der Waals surface area contributed by atoms with E-state index in [1.165, 1.54) is 24.3 Å². The molecule has 0 aromatic heterocycles. The quantitative estimate of drug-likeness (QED) is 0.508. The smallest absolute Gasteiger partial charge is 0.362 e. The SMILES string of the molecule is CCNC[C@H](CC=O)N(Cc1cc(Cl)ccc1C(F)(F)F)c1ccc(C#N)c(Cl)c1. The Morgan fingerprint density at radius 1 is 1.23 bits per heavy atom. The standard InChI is InChI=1S/C21H20Cl2F3N3O/c1-2-28-12-18(7-8-30)29(17-5-3-14(11-27)20(23)10-17)13-15-9-16(22)4-6-19(15)21(24,25)26/h3-6,8-10,18,28H,2,7,12-13H2,1H3/t18-/m0/s1. The van der Waals surface area contributed by atoms with Crippen molar-refractivity contribution in [1.82, 2.24) is 5.32 Å². The van der Waals surface area contributed by atoms with Crippen LogP contribution in [-0.2, 0) is 17.5 Å². The van der Waals surface area contributed by atoms with Gasteiger partial charge in [-0.05, 0) is 48.5 Å². The average molecular weight is 458 g/mol. The first-order chi connectivity index (χ1) is 14.2. The van der Waals surface area contributed by atoms with E-state index in [0.717, 1.165) is 12.4 Å². The summed E-state index contributed by atoms with van der Waals surface area (Å²) in [5.41, 5.74) is -0.0811. The zero-order valence-electron chi connectivity index (χ0n) is 16.1. The highest BCUT2D eigenvalue weighted by atomic mass is 35.5. The maximum absolute atomic E-state index is 13.6. The summed E-state index contributed by atoms with van der Waals surface area (Å²) in [4.78, 5) is 13.0. The molecule has 1 atom stereocenters. The van der Waals surface area contributed by atoms with Gasteiger partial charge >= 0.3 is 6.18 Å².